The lowest BCUT2D eigenvalue weighted by molar-refractivity contribution is -0.150. The first-order valence-corrected chi connectivity index (χ1v) is 8.95. The van der Waals surface area contributed by atoms with Crippen molar-refractivity contribution in [1.82, 2.24) is 4.90 Å². The third-order valence-electron chi connectivity index (χ3n) is 4.24. The van der Waals surface area contributed by atoms with Crippen LogP contribution in [0.15, 0.2) is 12.2 Å². The Morgan fingerprint density at radius 1 is 1.20 bits per heavy atom. The molecule has 0 aromatic heterocycles. The van der Waals surface area contributed by atoms with E-state index in [0.717, 1.165) is 5.57 Å². The lowest BCUT2D eigenvalue weighted by Gasteiger charge is -2.36. The first-order valence-electron chi connectivity index (χ1n) is 8.95. The number of hydrogen-bond donors (Lipinski definition) is 1. The maximum atomic E-state index is 12.7. The molecule has 0 aliphatic heterocycles. The Bertz CT molecular complexity index is 449. The summed E-state index contributed by atoms with van der Waals surface area (Å²) >= 11 is 0. The average molecular weight is 357 g/mol. The minimum atomic E-state index is -0.609. The van der Waals surface area contributed by atoms with Crippen molar-refractivity contribution in [2.75, 3.05) is 20.8 Å². The number of carbonyl (C=O) groups is 2. The van der Waals surface area contributed by atoms with Crippen LogP contribution < -0.4 is 5.73 Å². The summed E-state index contributed by atoms with van der Waals surface area (Å²) in [5.41, 5.74) is 6.83. The van der Waals surface area contributed by atoms with Gasteiger partial charge in [0, 0.05) is 14.2 Å². The minimum absolute atomic E-state index is 0.0162. The Morgan fingerprint density at radius 2 is 1.76 bits per heavy atom. The summed E-state index contributed by atoms with van der Waals surface area (Å²) in [6.07, 6.45) is 0.196. The van der Waals surface area contributed by atoms with Gasteiger partial charge in [-0.3, -0.25) is 9.59 Å². The molecule has 3 unspecified atom stereocenters. The SMILES string of the molecule is C=C(CC)C(C(CC(=O)OCC(C)C)OC)N(C)C(=O)C(N)C(C)C. The zero-order valence-electron chi connectivity index (χ0n) is 16.9. The summed E-state index contributed by atoms with van der Waals surface area (Å²) in [6.45, 7) is 14.1. The van der Waals surface area contributed by atoms with Gasteiger partial charge in [0.25, 0.3) is 0 Å². The van der Waals surface area contributed by atoms with Gasteiger partial charge in [-0.05, 0) is 18.3 Å². The molecular formula is C19H36N2O4. The second-order valence-corrected chi connectivity index (χ2v) is 7.23. The van der Waals surface area contributed by atoms with Gasteiger partial charge in [0.1, 0.15) is 0 Å². The van der Waals surface area contributed by atoms with E-state index in [1.54, 1.807) is 11.9 Å². The number of amides is 1. The zero-order valence-corrected chi connectivity index (χ0v) is 16.9. The molecule has 0 fully saturated rings. The Kier molecular flexibility index (Phi) is 10.6. The molecule has 6 nitrogen and oxygen atoms in total. The lowest BCUT2D eigenvalue weighted by Crippen LogP contribution is -2.53. The number of ether oxygens (including phenoxy) is 2. The quantitative estimate of drug-likeness (QED) is 0.454. The van der Waals surface area contributed by atoms with Gasteiger partial charge < -0.3 is 20.1 Å². The first-order chi connectivity index (χ1) is 11.6. The highest BCUT2D eigenvalue weighted by molar-refractivity contribution is 5.82. The molecule has 0 aliphatic rings. The van der Waals surface area contributed by atoms with Gasteiger partial charge in [0.15, 0.2) is 0 Å². The fourth-order valence-corrected chi connectivity index (χ4v) is 2.46. The van der Waals surface area contributed by atoms with Crippen LogP contribution in [0.1, 0.15) is 47.5 Å². The third-order valence-corrected chi connectivity index (χ3v) is 4.24. The van der Waals surface area contributed by atoms with E-state index >= 15 is 0 Å². The van der Waals surface area contributed by atoms with Crippen LogP contribution >= 0.6 is 0 Å². The van der Waals surface area contributed by atoms with E-state index in [0.29, 0.717) is 13.0 Å². The number of esters is 1. The smallest absolute Gasteiger partial charge is 0.308 e. The van der Waals surface area contributed by atoms with Crippen molar-refractivity contribution in [3.8, 4) is 0 Å². The highest BCUT2D eigenvalue weighted by atomic mass is 16.5. The van der Waals surface area contributed by atoms with Crippen LogP contribution in [0.25, 0.3) is 0 Å². The van der Waals surface area contributed by atoms with Crippen LogP contribution in [0.3, 0.4) is 0 Å². The van der Waals surface area contributed by atoms with Crippen LogP contribution in [-0.4, -0.2) is 55.7 Å². The fraction of sp³-hybridized carbons (Fsp3) is 0.789. The number of likely N-dealkylation sites (N-methyl/N-ethyl adjacent to an activating group) is 1. The molecule has 6 heteroatoms. The van der Waals surface area contributed by atoms with Gasteiger partial charge in [-0.25, -0.2) is 0 Å². The van der Waals surface area contributed by atoms with Crippen molar-refractivity contribution in [3.05, 3.63) is 12.2 Å². The third kappa shape index (κ3) is 7.57. The van der Waals surface area contributed by atoms with E-state index in [2.05, 4.69) is 6.58 Å². The van der Waals surface area contributed by atoms with Gasteiger partial charge in [-0.15, -0.1) is 0 Å². The van der Waals surface area contributed by atoms with E-state index in [4.69, 9.17) is 15.2 Å². The predicted octanol–water partition coefficient (Wildman–Crippen LogP) is 2.37. The van der Waals surface area contributed by atoms with E-state index in [1.807, 2.05) is 34.6 Å². The van der Waals surface area contributed by atoms with E-state index in [-0.39, 0.29) is 30.1 Å². The minimum Gasteiger partial charge on any atom is -0.465 e. The van der Waals surface area contributed by atoms with E-state index in [1.165, 1.54) is 7.11 Å². The lowest BCUT2D eigenvalue weighted by atomic mass is 9.95. The van der Waals surface area contributed by atoms with Crippen LogP contribution in [0.2, 0.25) is 0 Å². The van der Waals surface area contributed by atoms with Gasteiger partial charge in [-0.2, -0.15) is 0 Å². The largest absolute Gasteiger partial charge is 0.465 e. The van der Waals surface area contributed by atoms with Crippen molar-refractivity contribution in [2.24, 2.45) is 17.6 Å². The molecule has 0 aromatic rings. The summed E-state index contributed by atoms with van der Waals surface area (Å²) < 4.78 is 10.8. The second kappa shape index (κ2) is 11.3. The molecule has 25 heavy (non-hydrogen) atoms. The molecule has 0 spiro atoms. The molecule has 0 aromatic carbocycles. The van der Waals surface area contributed by atoms with Crippen molar-refractivity contribution >= 4 is 11.9 Å². The number of carbonyl (C=O) groups excluding carboxylic acids is 2. The van der Waals surface area contributed by atoms with E-state index in [9.17, 15) is 9.59 Å². The molecule has 0 heterocycles. The normalized spacial score (nSPS) is 15.0. The van der Waals surface area contributed by atoms with Gasteiger partial charge in [0.05, 0.1) is 31.2 Å². The number of hydrogen-bond acceptors (Lipinski definition) is 5. The maximum Gasteiger partial charge on any atom is 0.308 e. The van der Waals surface area contributed by atoms with Crippen LogP contribution in [-0.2, 0) is 19.1 Å². The maximum absolute atomic E-state index is 12.7. The Balaban J connectivity index is 5.29. The second-order valence-electron chi connectivity index (χ2n) is 7.23. The fourth-order valence-electron chi connectivity index (χ4n) is 2.46. The van der Waals surface area contributed by atoms with Crippen molar-refractivity contribution in [1.29, 1.82) is 0 Å². The topological polar surface area (TPSA) is 81.9 Å². The molecule has 0 saturated heterocycles. The van der Waals surface area contributed by atoms with Crippen molar-refractivity contribution in [2.45, 2.75) is 65.6 Å². The molecule has 2 N–H and O–H groups in total. The van der Waals surface area contributed by atoms with Crippen LogP contribution in [0.5, 0.6) is 0 Å². The number of nitrogens with zero attached hydrogens (tertiary/aromatic N) is 1. The molecule has 1 amide bonds. The summed E-state index contributed by atoms with van der Waals surface area (Å²) in [5, 5.41) is 0. The Hall–Kier alpha value is -1.40. The molecule has 0 rings (SSSR count). The van der Waals surface area contributed by atoms with Gasteiger partial charge >= 0.3 is 5.97 Å². The summed E-state index contributed by atoms with van der Waals surface area (Å²) in [4.78, 5) is 26.3. The molecule has 0 saturated carbocycles. The molecule has 3 atom stereocenters. The molecule has 146 valence electrons. The Labute approximate surface area is 152 Å². The van der Waals surface area contributed by atoms with Crippen molar-refractivity contribution in [3.63, 3.8) is 0 Å². The summed E-state index contributed by atoms with van der Waals surface area (Å²) in [6, 6.07) is -1.04. The molecular weight excluding hydrogens is 320 g/mol. The number of nitrogens with two attached hydrogens (primary N) is 1. The average Bonchev–Trinajstić information content (AvgIpc) is 2.56. The zero-order chi connectivity index (χ0) is 19.7. The molecule has 0 aliphatic carbocycles. The highest BCUT2D eigenvalue weighted by Gasteiger charge is 2.34. The summed E-state index contributed by atoms with van der Waals surface area (Å²) in [5.74, 6) is -0.252. The number of rotatable bonds is 11. The van der Waals surface area contributed by atoms with E-state index < -0.39 is 18.2 Å². The highest BCUT2D eigenvalue weighted by Crippen LogP contribution is 2.21. The van der Waals surface area contributed by atoms with Gasteiger partial charge in [-0.1, -0.05) is 46.8 Å². The first kappa shape index (κ1) is 23.6. The molecule has 0 radical (unpaired) electrons. The summed E-state index contributed by atoms with van der Waals surface area (Å²) in [7, 11) is 3.21. The standard InChI is InChI=1S/C19H36N2O4/c1-9-14(6)18(21(7)19(23)17(20)13(4)5)15(24-8)10-16(22)25-11-12(2)3/h12-13,15,17-18H,6,9-11,20H2,1-5,7-8H3. The number of methoxy groups -OCH3 is 1. The molecule has 0 bridgehead atoms. The predicted molar refractivity (Wildman–Crippen MR) is 100 cm³/mol. The van der Waals surface area contributed by atoms with Crippen molar-refractivity contribution < 1.29 is 19.1 Å². The Morgan fingerprint density at radius 3 is 2.16 bits per heavy atom. The van der Waals surface area contributed by atoms with Crippen LogP contribution in [0.4, 0.5) is 0 Å². The van der Waals surface area contributed by atoms with Gasteiger partial charge in [0.2, 0.25) is 5.91 Å². The monoisotopic (exact) mass is 356 g/mol. The van der Waals surface area contributed by atoms with Crippen LogP contribution in [0, 0.1) is 11.8 Å².